The summed E-state index contributed by atoms with van der Waals surface area (Å²) < 4.78 is 0. The molecular weight excluding hydrogens is 214 g/mol. The van der Waals surface area contributed by atoms with Gasteiger partial charge >= 0.3 is 0 Å². The molecule has 0 fully saturated rings. The van der Waals surface area contributed by atoms with E-state index in [1.807, 2.05) is 12.1 Å². The second kappa shape index (κ2) is 5.32. The van der Waals surface area contributed by atoms with Crippen molar-refractivity contribution in [3.05, 3.63) is 35.4 Å². The average molecular weight is 233 g/mol. The van der Waals surface area contributed by atoms with Crippen molar-refractivity contribution in [2.75, 3.05) is 6.54 Å². The van der Waals surface area contributed by atoms with Crippen LogP contribution in [0.15, 0.2) is 24.3 Å². The number of nitrogens with one attached hydrogen (secondary N) is 1. The zero-order chi connectivity index (χ0) is 12.3. The lowest BCUT2D eigenvalue weighted by molar-refractivity contribution is -0.125. The molecule has 3 nitrogen and oxygen atoms in total. The Labute approximate surface area is 102 Å². The molecule has 0 aliphatic heterocycles. The van der Waals surface area contributed by atoms with Crippen LogP contribution in [0.1, 0.15) is 24.5 Å². The third kappa shape index (κ3) is 3.07. The summed E-state index contributed by atoms with van der Waals surface area (Å²) in [6.45, 7) is 2.02. The lowest BCUT2D eigenvalue weighted by Crippen LogP contribution is -2.37. The fraction of sp³-hybridized carbons (Fsp3) is 0.500. The maximum Gasteiger partial charge on any atom is 0.223 e. The predicted octanol–water partition coefficient (Wildman–Crippen LogP) is 1.29. The lowest BCUT2D eigenvalue weighted by atomic mass is 9.83. The summed E-state index contributed by atoms with van der Waals surface area (Å²) in [5.74, 6) is 0.129. The number of aliphatic hydroxyl groups excluding tert-OH is 1. The van der Waals surface area contributed by atoms with E-state index in [1.165, 1.54) is 11.1 Å². The smallest absolute Gasteiger partial charge is 0.223 e. The average Bonchev–Trinajstić information content (AvgIpc) is 2.35. The molecule has 0 bridgehead atoms. The molecule has 1 unspecified atom stereocenters. The molecule has 0 spiro atoms. The number of aryl methyl sites for hydroxylation is 1. The summed E-state index contributed by atoms with van der Waals surface area (Å²) in [6.07, 6.45) is 2.22. The van der Waals surface area contributed by atoms with Gasteiger partial charge in [0.1, 0.15) is 0 Å². The molecule has 0 saturated heterocycles. The Bertz CT molecular complexity index is 401. The maximum absolute atomic E-state index is 11.9. The Morgan fingerprint density at radius 3 is 2.88 bits per heavy atom. The van der Waals surface area contributed by atoms with Gasteiger partial charge in [-0.25, -0.2) is 0 Å². The Kier molecular flexibility index (Phi) is 3.79. The minimum atomic E-state index is -0.477. The van der Waals surface area contributed by atoms with E-state index in [-0.39, 0.29) is 11.8 Å². The van der Waals surface area contributed by atoms with E-state index >= 15 is 0 Å². The van der Waals surface area contributed by atoms with Crippen LogP contribution in [0, 0.1) is 5.92 Å². The van der Waals surface area contributed by atoms with Gasteiger partial charge in [0.05, 0.1) is 6.10 Å². The number of rotatable bonds is 3. The van der Waals surface area contributed by atoms with Gasteiger partial charge in [0.2, 0.25) is 5.91 Å². The summed E-state index contributed by atoms with van der Waals surface area (Å²) in [5.41, 5.74) is 2.66. The molecule has 0 saturated carbocycles. The van der Waals surface area contributed by atoms with Crippen LogP contribution in [-0.4, -0.2) is 23.7 Å². The van der Waals surface area contributed by atoms with Crippen molar-refractivity contribution in [1.29, 1.82) is 0 Å². The molecule has 1 aromatic rings. The van der Waals surface area contributed by atoms with Crippen LogP contribution in [0.4, 0.5) is 0 Å². The standard InChI is InChI=1S/C14H19NO2/c1-10(16)9-15-14(17)13-7-6-11-4-2-3-5-12(11)8-13/h2-5,10,13,16H,6-9H2,1H3,(H,15,17)/t10-,13?/m0/s1. The van der Waals surface area contributed by atoms with Crippen molar-refractivity contribution < 1.29 is 9.90 Å². The normalized spacial score (nSPS) is 20.5. The molecule has 2 rings (SSSR count). The molecule has 0 aromatic heterocycles. The number of hydrogen-bond donors (Lipinski definition) is 2. The van der Waals surface area contributed by atoms with Crippen molar-refractivity contribution >= 4 is 5.91 Å². The zero-order valence-electron chi connectivity index (χ0n) is 10.1. The lowest BCUT2D eigenvalue weighted by Gasteiger charge is -2.24. The molecule has 2 atom stereocenters. The predicted molar refractivity (Wildman–Crippen MR) is 66.6 cm³/mol. The van der Waals surface area contributed by atoms with Gasteiger partial charge in [0.15, 0.2) is 0 Å². The number of hydrogen-bond acceptors (Lipinski definition) is 2. The molecule has 1 aliphatic rings. The molecule has 0 radical (unpaired) electrons. The number of carbonyl (C=O) groups excluding carboxylic acids is 1. The van der Waals surface area contributed by atoms with E-state index in [2.05, 4.69) is 17.4 Å². The van der Waals surface area contributed by atoms with Gasteiger partial charge in [-0.05, 0) is 37.3 Å². The first-order valence-corrected chi connectivity index (χ1v) is 6.19. The molecular formula is C14H19NO2. The third-order valence-corrected chi connectivity index (χ3v) is 3.29. The highest BCUT2D eigenvalue weighted by atomic mass is 16.3. The van der Waals surface area contributed by atoms with E-state index in [0.717, 1.165) is 19.3 Å². The van der Waals surface area contributed by atoms with Crippen LogP contribution >= 0.6 is 0 Å². The van der Waals surface area contributed by atoms with Crippen molar-refractivity contribution in [3.8, 4) is 0 Å². The first-order valence-electron chi connectivity index (χ1n) is 6.19. The largest absolute Gasteiger partial charge is 0.392 e. The first-order chi connectivity index (χ1) is 8.16. The fourth-order valence-corrected chi connectivity index (χ4v) is 2.31. The van der Waals surface area contributed by atoms with Crippen LogP contribution in [0.5, 0.6) is 0 Å². The van der Waals surface area contributed by atoms with Gasteiger partial charge in [-0.3, -0.25) is 4.79 Å². The van der Waals surface area contributed by atoms with Gasteiger partial charge in [0, 0.05) is 12.5 Å². The molecule has 92 valence electrons. The zero-order valence-corrected chi connectivity index (χ0v) is 10.1. The van der Waals surface area contributed by atoms with E-state index < -0.39 is 6.10 Å². The van der Waals surface area contributed by atoms with Crippen LogP contribution in [0.2, 0.25) is 0 Å². The Hall–Kier alpha value is -1.35. The highest BCUT2D eigenvalue weighted by Gasteiger charge is 2.24. The Balaban J connectivity index is 1.95. The highest BCUT2D eigenvalue weighted by molar-refractivity contribution is 5.79. The van der Waals surface area contributed by atoms with Crippen molar-refractivity contribution in [2.24, 2.45) is 5.92 Å². The summed E-state index contributed by atoms with van der Waals surface area (Å²) in [7, 11) is 0. The number of amides is 1. The topological polar surface area (TPSA) is 49.3 Å². The maximum atomic E-state index is 11.9. The Morgan fingerprint density at radius 2 is 2.18 bits per heavy atom. The molecule has 1 amide bonds. The van der Waals surface area contributed by atoms with Crippen LogP contribution in [-0.2, 0) is 17.6 Å². The van der Waals surface area contributed by atoms with Crippen LogP contribution in [0.25, 0.3) is 0 Å². The molecule has 3 heteroatoms. The van der Waals surface area contributed by atoms with Gasteiger partial charge in [-0.15, -0.1) is 0 Å². The van der Waals surface area contributed by atoms with Crippen LogP contribution in [0.3, 0.4) is 0 Å². The second-order valence-corrected chi connectivity index (χ2v) is 4.80. The van der Waals surface area contributed by atoms with Gasteiger partial charge in [-0.2, -0.15) is 0 Å². The number of aliphatic hydroxyl groups is 1. The summed E-state index contributed by atoms with van der Waals surface area (Å²) >= 11 is 0. The fourth-order valence-electron chi connectivity index (χ4n) is 2.31. The van der Waals surface area contributed by atoms with Crippen molar-refractivity contribution in [3.63, 3.8) is 0 Å². The number of fused-ring (bicyclic) bond motifs is 1. The minimum absolute atomic E-state index is 0.0589. The van der Waals surface area contributed by atoms with Crippen LogP contribution < -0.4 is 5.32 Å². The van der Waals surface area contributed by atoms with E-state index in [0.29, 0.717) is 6.54 Å². The monoisotopic (exact) mass is 233 g/mol. The molecule has 17 heavy (non-hydrogen) atoms. The summed E-state index contributed by atoms with van der Waals surface area (Å²) in [4.78, 5) is 11.9. The number of carbonyl (C=O) groups is 1. The molecule has 2 N–H and O–H groups in total. The Morgan fingerprint density at radius 1 is 1.47 bits per heavy atom. The number of benzene rings is 1. The molecule has 1 aromatic carbocycles. The highest BCUT2D eigenvalue weighted by Crippen LogP contribution is 2.25. The second-order valence-electron chi connectivity index (χ2n) is 4.80. The van der Waals surface area contributed by atoms with E-state index in [4.69, 9.17) is 5.11 Å². The van der Waals surface area contributed by atoms with Gasteiger partial charge < -0.3 is 10.4 Å². The van der Waals surface area contributed by atoms with E-state index in [1.54, 1.807) is 6.92 Å². The summed E-state index contributed by atoms with van der Waals surface area (Å²) in [6, 6.07) is 8.31. The van der Waals surface area contributed by atoms with Gasteiger partial charge in [-0.1, -0.05) is 24.3 Å². The SMILES string of the molecule is C[C@H](O)CNC(=O)C1CCc2ccccc2C1. The first kappa shape index (κ1) is 12.1. The quantitative estimate of drug-likeness (QED) is 0.826. The third-order valence-electron chi connectivity index (χ3n) is 3.29. The summed E-state index contributed by atoms with van der Waals surface area (Å²) in [5, 5.41) is 11.9. The minimum Gasteiger partial charge on any atom is -0.392 e. The van der Waals surface area contributed by atoms with E-state index in [9.17, 15) is 4.79 Å². The van der Waals surface area contributed by atoms with Gasteiger partial charge in [0.25, 0.3) is 0 Å². The molecule has 1 aliphatic carbocycles. The van der Waals surface area contributed by atoms with Crippen molar-refractivity contribution in [1.82, 2.24) is 5.32 Å². The van der Waals surface area contributed by atoms with Crippen molar-refractivity contribution in [2.45, 2.75) is 32.3 Å². The molecule has 0 heterocycles.